The highest BCUT2D eigenvalue weighted by atomic mass is 32.1. The van der Waals surface area contributed by atoms with Crippen LogP contribution >= 0.6 is 12.2 Å². The summed E-state index contributed by atoms with van der Waals surface area (Å²) in [7, 11) is 3.37. The fraction of sp³-hybridized carbons (Fsp3) is 0.333. The third-order valence-corrected chi connectivity index (χ3v) is 2.67. The van der Waals surface area contributed by atoms with Gasteiger partial charge in [-0.05, 0) is 25.2 Å². The molecule has 0 fully saturated rings. The van der Waals surface area contributed by atoms with Gasteiger partial charge in [0.25, 0.3) is 5.56 Å². The van der Waals surface area contributed by atoms with E-state index in [1.807, 2.05) is 6.92 Å². The second-order valence-electron chi connectivity index (χ2n) is 3.54. The average molecular weight is 237 g/mol. The predicted octanol–water partition coefficient (Wildman–Crippen LogP) is 0.547. The minimum atomic E-state index is -0.192. The highest BCUT2D eigenvalue weighted by Crippen LogP contribution is 2.11. The Morgan fingerprint density at radius 2 is 2.12 bits per heavy atom. The third-order valence-electron chi connectivity index (χ3n) is 2.31. The summed E-state index contributed by atoms with van der Waals surface area (Å²) >= 11 is 5.00. The summed E-state index contributed by atoms with van der Waals surface area (Å²) in [5.41, 5.74) is 1.05. The maximum atomic E-state index is 11.9. The quantitative estimate of drug-likeness (QED) is 0.735. The second-order valence-corrected chi connectivity index (χ2v) is 3.93. The van der Waals surface area contributed by atoms with Gasteiger partial charge in [-0.25, -0.2) is 4.68 Å². The lowest BCUT2D eigenvalue weighted by Crippen LogP contribution is -2.22. The predicted molar refractivity (Wildman–Crippen MR) is 61.6 cm³/mol. The molecule has 0 bridgehead atoms. The van der Waals surface area contributed by atoms with Crippen molar-refractivity contribution in [3.63, 3.8) is 0 Å². The standard InChI is InChI=1S/C9H11N5OS/c1-5-4-6(8(15)14(3)12-5)7-10-11-9(16)13(7)2/h4H,1-3H3,(H,11,16). The highest BCUT2D eigenvalue weighted by Gasteiger charge is 2.12. The summed E-state index contributed by atoms with van der Waals surface area (Å²) in [6.45, 7) is 1.82. The number of aromatic amines is 1. The zero-order valence-electron chi connectivity index (χ0n) is 9.18. The molecule has 0 saturated heterocycles. The van der Waals surface area contributed by atoms with E-state index in [9.17, 15) is 4.79 Å². The van der Waals surface area contributed by atoms with Crippen LogP contribution < -0.4 is 5.56 Å². The second kappa shape index (κ2) is 3.67. The van der Waals surface area contributed by atoms with Gasteiger partial charge in [0, 0.05) is 14.1 Å². The van der Waals surface area contributed by atoms with E-state index < -0.39 is 0 Å². The summed E-state index contributed by atoms with van der Waals surface area (Å²) in [5.74, 6) is 0.524. The van der Waals surface area contributed by atoms with E-state index in [4.69, 9.17) is 12.2 Å². The summed E-state index contributed by atoms with van der Waals surface area (Å²) in [6.07, 6.45) is 0. The molecule has 0 aromatic carbocycles. The van der Waals surface area contributed by atoms with Crippen LogP contribution in [-0.2, 0) is 14.1 Å². The summed E-state index contributed by atoms with van der Waals surface area (Å²) in [4.78, 5) is 11.9. The maximum absolute atomic E-state index is 11.9. The third kappa shape index (κ3) is 1.58. The molecular formula is C9H11N5OS. The van der Waals surface area contributed by atoms with Gasteiger partial charge in [-0.2, -0.15) is 10.2 Å². The fourth-order valence-electron chi connectivity index (χ4n) is 1.50. The van der Waals surface area contributed by atoms with Gasteiger partial charge in [-0.3, -0.25) is 9.89 Å². The molecule has 0 amide bonds. The first-order chi connectivity index (χ1) is 7.50. The zero-order valence-corrected chi connectivity index (χ0v) is 10.00. The van der Waals surface area contributed by atoms with Gasteiger partial charge < -0.3 is 4.57 Å². The number of hydrogen-bond donors (Lipinski definition) is 1. The van der Waals surface area contributed by atoms with Gasteiger partial charge >= 0.3 is 0 Å². The van der Waals surface area contributed by atoms with Gasteiger partial charge in [0.05, 0.1) is 11.3 Å². The molecule has 84 valence electrons. The smallest absolute Gasteiger partial charge is 0.277 e. The first kappa shape index (κ1) is 10.7. The number of rotatable bonds is 1. The van der Waals surface area contributed by atoms with Gasteiger partial charge in [-0.15, -0.1) is 0 Å². The van der Waals surface area contributed by atoms with Crippen molar-refractivity contribution in [2.24, 2.45) is 14.1 Å². The Balaban J connectivity index is 2.79. The topological polar surface area (TPSA) is 68.5 Å². The molecule has 0 aliphatic heterocycles. The Morgan fingerprint density at radius 3 is 2.69 bits per heavy atom. The Morgan fingerprint density at radius 1 is 1.44 bits per heavy atom. The van der Waals surface area contributed by atoms with Crippen molar-refractivity contribution in [1.82, 2.24) is 24.5 Å². The molecule has 0 aliphatic rings. The van der Waals surface area contributed by atoms with Crippen LogP contribution in [-0.4, -0.2) is 24.5 Å². The molecule has 7 heteroatoms. The minimum absolute atomic E-state index is 0.192. The summed E-state index contributed by atoms with van der Waals surface area (Å²) in [5, 5.41) is 10.7. The Kier molecular flexibility index (Phi) is 2.47. The Labute approximate surface area is 96.5 Å². The van der Waals surface area contributed by atoms with Gasteiger partial charge in [0.1, 0.15) is 0 Å². The molecule has 1 N–H and O–H groups in total. The van der Waals surface area contributed by atoms with Crippen molar-refractivity contribution >= 4 is 12.2 Å². The molecule has 0 unspecified atom stereocenters. The molecule has 2 heterocycles. The van der Waals surface area contributed by atoms with Gasteiger partial charge in [-0.1, -0.05) is 0 Å². The van der Waals surface area contributed by atoms with Crippen LogP contribution in [0, 0.1) is 11.7 Å². The van der Waals surface area contributed by atoms with Crippen molar-refractivity contribution in [2.75, 3.05) is 0 Å². The van der Waals surface area contributed by atoms with E-state index in [-0.39, 0.29) is 5.56 Å². The monoisotopic (exact) mass is 237 g/mol. The average Bonchev–Trinajstić information content (AvgIpc) is 2.54. The normalized spacial score (nSPS) is 10.7. The Bertz CT molecular complexity index is 651. The molecule has 0 spiro atoms. The minimum Gasteiger partial charge on any atom is -0.303 e. The number of aromatic nitrogens is 5. The van der Waals surface area contributed by atoms with E-state index in [0.29, 0.717) is 16.2 Å². The van der Waals surface area contributed by atoms with E-state index in [1.165, 1.54) is 4.68 Å². The van der Waals surface area contributed by atoms with Crippen LogP contribution in [0.25, 0.3) is 11.4 Å². The number of nitrogens with one attached hydrogen (secondary N) is 1. The first-order valence-electron chi connectivity index (χ1n) is 4.67. The SMILES string of the molecule is Cc1cc(-c2n[nH]c(=S)n2C)c(=O)n(C)n1. The molecule has 16 heavy (non-hydrogen) atoms. The van der Waals surface area contributed by atoms with E-state index in [1.54, 1.807) is 24.7 Å². The van der Waals surface area contributed by atoms with E-state index in [2.05, 4.69) is 15.3 Å². The number of hydrogen-bond acceptors (Lipinski definition) is 4. The van der Waals surface area contributed by atoms with Crippen LogP contribution in [0.4, 0.5) is 0 Å². The maximum Gasteiger partial charge on any atom is 0.277 e. The van der Waals surface area contributed by atoms with Crippen LogP contribution in [0.1, 0.15) is 5.69 Å². The lowest BCUT2D eigenvalue weighted by atomic mass is 10.2. The molecule has 0 saturated carbocycles. The van der Waals surface area contributed by atoms with Gasteiger partial charge in [0.2, 0.25) is 0 Å². The van der Waals surface area contributed by atoms with Crippen molar-refractivity contribution in [2.45, 2.75) is 6.92 Å². The largest absolute Gasteiger partial charge is 0.303 e. The zero-order chi connectivity index (χ0) is 11.9. The van der Waals surface area contributed by atoms with Crippen LogP contribution in [0.15, 0.2) is 10.9 Å². The lowest BCUT2D eigenvalue weighted by molar-refractivity contribution is 0.692. The summed E-state index contributed by atoms with van der Waals surface area (Å²) < 4.78 is 3.43. The molecule has 0 aliphatic carbocycles. The van der Waals surface area contributed by atoms with Crippen LogP contribution in [0.5, 0.6) is 0 Å². The van der Waals surface area contributed by atoms with E-state index in [0.717, 1.165) is 5.69 Å². The molecule has 2 aromatic rings. The molecule has 0 radical (unpaired) electrons. The number of nitrogens with zero attached hydrogens (tertiary/aromatic N) is 4. The first-order valence-corrected chi connectivity index (χ1v) is 5.08. The summed E-state index contributed by atoms with van der Waals surface area (Å²) in [6, 6.07) is 1.70. The van der Waals surface area contributed by atoms with Crippen molar-refractivity contribution in [3.8, 4) is 11.4 Å². The molecule has 6 nitrogen and oxygen atoms in total. The van der Waals surface area contributed by atoms with Crippen LogP contribution in [0.2, 0.25) is 0 Å². The van der Waals surface area contributed by atoms with E-state index >= 15 is 0 Å². The van der Waals surface area contributed by atoms with Crippen molar-refractivity contribution < 1.29 is 0 Å². The molecule has 0 atom stereocenters. The van der Waals surface area contributed by atoms with Crippen LogP contribution in [0.3, 0.4) is 0 Å². The molecule has 2 aromatic heterocycles. The number of aryl methyl sites for hydroxylation is 2. The Hall–Kier alpha value is -1.76. The highest BCUT2D eigenvalue weighted by molar-refractivity contribution is 7.71. The van der Waals surface area contributed by atoms with Gasteiger partial charge in [0.15, 0.2) is 10.6 Å². The lowest BCUT2D eigenvalue weighted by Gasteiger charge is -2.03. The van der Waals surface area contributed by atoms with Crippen molar-refractivity contribution in [3.05, 3.63) is 26.9 Å². The molecule has 2 rings (SSSR count). The number of H-pyrrole nitrogens is 1. The fourth-order valence-corrected chi connectivity index (χ4v) is 1.64. The molecular weight excluding hydrogens is 226 g/mol. The van der Waals surface area contributed by atoms with Crippen molar-refractivity contribution in [1.29, 1.82) is 0 Å².